The first-order valence-corrected chi connectivity index (χ1v) is 5.55. The highest BCUT2D eigenvalue weighted by Crippen LogP contribution is 2.27. The van der Waals surface area contributed by atoms with Gasteiger partial charge in [-0.15, -0.1) is 0 Å². The normalized spacial score (nSPS) is 10.8. The lowest BCUT2D eigenvalue weighted by Gasteiger charge is -1.99. The van der Waals surface area contributed by atoms with Crippen LogP contribution in [0.1, 0.15) is 30.0 Å². The Morgan fingerprint density at radius 1 is 1.41 bits per heavy atom. The van der Waals surface area contributed by atoms with Crippen molar-refractivity contribution in [3.05, 3.63) is 35.3 Å². The molecule has 0 saturated heterocycles. The Hall–Kier alpha value is -1.84. The van der Waals surface area contributed by atoms with Crippen molar-refractivity contribution in [2.24, 2.45) is 0 Å². The number of esters is 1. The molecule has 0 unspecified atom stereocenters. The second-order valence-corrected chi connectivity index (χ2v) is 3.62. The summed E-state index contributed by atoms with van der Waals surface area (Å²) < 4.78 is 23.5. The van der Waals surface area contributed by atoms with Crippen LogP contribution in [-0.4, -0.2) is 12.6 Å². The van der Waals surface area contributed by atoms with E-state index in [0.717, 1.165) is 0 Å². The standard InChI is InChI=1S/C13H13FO3/c1-3-9-10-7-8(14)5-6-11(10)17-12(9)13(15)16-4-2/h5-7H,3-4H2,1-2H3. The number of rotatable bonds is 3. The van der Waals surface area contributed by atoms with E-state index in [1.54, 1.807) is 6.92 Å². The highest BCUT2D eigenvalue weighted by Gasteiger charge is 2.20. The van der Waals surface area contributed by atoms with Crippen LogP contribution in [-0.2, 0) is 11.2 Å². The van der Waals surface area contributed by atoms with E-state index in [9.17, 15) is 9.18 Å². The average molecular weight is 236 g/mol. The van der Waals surface area contributed by atoms with Gasteiger partial charge in [-0.3, -0.25) is 0 Å². The zero-order valence-corrected chi connectivity index (χ0v) is 9.75. The summed E-state index contributed by atoms with van der Waals surface area (Å²) in [5.74, 6) is -0.667. The molecule has 0 aliphatic carbocycles. The Morgan fingerprint density at radius 2 is 2.18 bits per heavy atom. The Labute approximate surface area is 98.2 Å². The molecule has 0 aliphatic heterocycles. The lowest BCUT2D eigenvalue weighted by molar-refractivity contribution is 0.0491. The third kappa shape index (κ3) is 2.02. The molecule has 1 heterocycles. The number of aryl methyl sites for hydroxylation is 1. The van der Waals surface area contributed by atoms with Gasteiger partial charge in [0.1, 0.15) is 11.4 Å². The van der Waals surface area contributed by atoms with E-state index < -0.39 is 5.97 Å². The number of fused-ring (bicyclic) bond motifs is 1. The molecule has 0 aliphatic rings. The number of carbonyl (C=O) groups is 1. The highest BCUT2D eigenvalue weighted by atomic mass is 19.1. The fourth-order valence-electron chi connectivity index (χ4n) is 1.83. The Morgan fingerprint density at radius 3 is 2.82 bits per heavy atom. The maximum atomic E-state index is 13.2. The SMILES string of the molecule is CCOC(=O)c1oc2ccc(F)cc2c1CC. The zero-order valence-electron chi connectivity index (χ0n) is 9.75. The topological polar surface area (TPSA) is 39.4 Å². The van der Waals surface area contributed by atoms with Gasteiger partial charge in [-0.1, -0.05) is 6.92 Å². The molecule has 0 saturated carbocycles. The van der Waals surface area contributed by atoms with Gasteiger partial charge in [-0.2, -0.15) is 0 Å². The molecule has 1 aromatic heterocycles. The van der Waals surface area contributed by atoms with Crippen LogP contribution in [0.3, 0.4) is 0 Å². The van der Waals surface area contributed by atoms with E-state index in [4.69, 9.17) is 9.15 Å². The quantitative estimate of drug-likeness (QED) is 0.767. The molecule has 4 heteroatoms. The summed E-state index contributed by atoms with van der Waals surface area (Å²) in [7, 11) is 0. The number of hydrogen-bond donors (Lipinski definition) is 0. The predicted octanol–water partition coefficient (Wildman–Crippen LogP) is 3.31. The smallest absolute Gasteiger partial charge is 0.374 e. The Kier molecular flexibility index (Phi) is 3.13. The molecular weight excluding hydrogens is 223 g/mol. The van der Waals surface area contributed by atoms with Gasteiger partial charge in [-0.25, -0.2) is 9.18 Å². The molecule has 3 nitrogen and oxygen atoms in total. The first kappa shape index (κ1) is 11.6. The molecule has 2 aromatic rings. The summed E-state index contributed by atoms with van der Waals surface area (Å²) in [5, 5.41) is 0.635. The number of halogens is 1. The predicted molar refractivity (Wildman–Crippen MR) is 61.5 cm³/mol. The maximum Gasteiger partial charge on any atom is 0.374 e. The fraction of sp³-hybridized carbons (Fsp3) is 0.308. The first-order valence-electron chi connectivity index (χ1n) is 5.55. The third-order valence-corrected chi connectivity index (χ3v) is 2.57. The van der Waals surface area contributed by atoms with Gasteiger partial charge < -0.3 is 9.15 Å². The van der Waals surface area contributed by atoms with E-state index >= 15 is 0 Å². The second-order valence-electron chi connectivity index (χ2n) is 3.62. The van der Waals surface area contributed by atoms with Crippen LogP contribution in [0.25, 0.3) is 11.0 Å². The van der Waals surface area contributed by atoms with Gasteiger partial charge in [-0.05, 0) is 31.5 Å². The number of ether oxygens (including phenoxy) is 1. The molecule has 0 atom stereocenters. The van der Waals surface area contributed by atoms with E-state index in [1.807, 2.05) is 6.92 Å². The number of hydrogen-bond acceptors (Lipinski definition) is 3. The van der Waals surface area contributed by atoms with Gasteiger partial charge in [0.25, 0.3) is 0 Å². The maximum absolute atomic E-state index is 13.2. The molecule has 1 aromatic carbocycles. The highest BCUT2D eigenvalue weighted by molar-refractivity contribution is 5.96. The minimum absolute atomic E-state index is 0.176. The molecule has 0 spiro atoms. The summed E-state index contributed by atoms with van der Waals surface area (Å²) in [5.41, 5.74) is 1.20. The summed E-state index contributed by atoms with van der Waals surface area (Å²) in [6, 6.07) is 4.20. The summed E-state index contributed by atoms with van der Waals surface area (Å²) >= 11 is 0. The van der Waals surface area contributed by atoms with Crippen LogP contribution in [0.2, 0.25) is 0 Å². The van der Waals surface area contributed by atoms with Gasteiger partial charge >= 0.3 is 5.97 Å². The number of benzene rings is 1. The molecule has 0 fully saturated rings. The number of carbonyl (C=O) groups excluding carboxylic acids is 1. The van der Waals surface area contributed by atoms with E-state index in [-0.39, 0.29) is 18.2 Å². The zero-order chi connectivity index (χ0) is 12.4. The van der Waals surface area contributed by atoms with Crippen molar-refractivity contribution in [2.45, 2.75) is 20.3 Å². The van der Waals surface area contributed by atoms with E-state index in [0.29, 0.717) is 23.0 Å². The van der Waals surface area contributed by atoms with Crippen molar-refractivity contribution in [2.75, 3.05) is 6.61 Å². The average Bonchev–Trinajstić information content (AvgIpc) is 2.67. The third-order valence-electron chi connectivity index (χ3n) is 2.57. The molecule has 17 heavy (non-hydrogen) atoms. The Bertz CT molecular complexity index is 557. The van der Waals surface area contributed by atoms with Crippen LogP contribution in [0, 0.1) is 5.82 Å². The molecule has 90 valence electrons. The minimum Gasteiger partial charge on any atom is -0.460 e. The van der Waals surface area contributed by atoms with Gasteiger partial charge in [0.05, 0.1) is 6.61 Å². The van der Waals surface area contributed by atoms with Crippen LogP contribution in [0.4, 0.5) is 4.39 Å². The molecule has 0 N–H and O–H groups in total. The van der Waals surface area contributed by atoms with Crippen LogP contribution in [0.15, 0.2) is 22.6 Å². The summed E-state index contributed by atoms with van der Waals surface area (Å²) in [6.45, 7) is 3.90. The monoisotopic (exact) mass is 236 g/mol. The molecule has 0 amide bonds. The lowest BCUT2D eigenvalue weighted by Crippen LogP contribution is -2.05. The molecular formula is C13H13FO3. The first-order chi connectivity index (χ1) is 8.17. The van der Waals surface area contributed by atoms with Gasteiger partial charge in [0.2, 0.25) is 5.76 Å². The van der Waals surface area contributed by atoms with E-state index in [1.165, 1.54) is 18.2 Å². The molecule has 0 radical (unpaired) electrons. The van der Waals surface area contributed by atoms with E-state index in [2.05, 4.69) is 0 Å². The van der Waals surface area contributed by atoms with Crippen molar-refractivity contribution in [1.82, 2.24) is 0 Å². The van der Waals surface area contributed by atoms with Crippen molar-refractivity contribution >= 4 is 16.9 Å². The van der Waals surface area contributed by atoms with Crippen LogP contribution in [0.5, 0.6) is 0 Å². The Balaban J connectivity index is 2.60. The van der Waals surface area contributed by atoms with Crippen molar-refractivity contribution < 1.29 is 18.3 Å². The van der Waals surface area contributed by atoms with Crippen molar-refractivity contribution in [3.8, 4) is 0 Å². The van der Waals surface area contributed by atoms with Crippen LogP contribution < -0.4 is 0 Å². The van der Waals surface area contributed by atoms with Crippen LogP contribution >= 0.6 is 0 Å². The van der Waals surface area contributed by atoms with Crippen molar-refractivity contribution in [1.29, 1.82) is 0 Å². The molecule has 2 rings (SSSR count). The second kappa shape index (κ2) is 4.57. The van der Waals surface area contributed by atoms with Gasteiger partial charge in [0.15, 0.2) is 0 Å². The van der Waals surface area contributed by atoms with Crippen molar-refractivity contribution in [3.63, 3.8) is 0 Å². The number of furan rings is 1. The summed E-state index contributed by atoms with van der Waals surface area (Å²) in [4.78, 5) is 11.7. The lowest BCUT2D eigenvalue weighted by atomic mass is 10.1. The largest absolute Gasteiger partial charge is 0.460 e. The fourth-order valence-corrected chi connectivity index (χ4v) is 1.83. The minimum atomic E-state index is -0.499. The summed E-state index contributed by atoms with van der Waals surface area (Å²) in [6.07, 6.45) is 0.588. The molecule has 0 bridgehead atoms. The van der Waals surface area contributed by atoms with Gasteiger partial charge in [0, 0.05) is 10.9 Å².